The molecule has 0 aliphatic rings. The van der Waals surface area contributed by atoms with Crippen molar-refractivity contribution in [2.75, 3.05) is 12.4 Å². The summed E-state index contributed by atoms with van der Waals surface area (Å²) in [4.78, 5) is 4.09. The number of pyridine rings is 1. The van der Waals surface area contributed by atoms with Gasteiger partial charge in [-0.1, -0.05) is 11.6 Å². The summed E-state index contributed by atoms with van der Waals surface area (Å²) < 4.78 is 13.1. The van der Waals surface area contributed by atoms with Crippen LogP contribution in [0.5, 0.6) is 0 Å². The molecule has 4 heteroatoms. The molecule has 0 amide bonds. The fourth-order valence-corrected chi connectivity index (χ4v) is 1.65. The molecule has 0 saturated carbocycles. The Morgan fingerprint density at radius 2 is 2.21 bits per heavy atom. The van der Waals surface area contributed by atoms with Crippen molar-refractivity contribution >= 4 is 28.2 Å². The number of hydrogen-bond donors (Lipinski definition) is 1. The highest BCUT2D eigenvalue weighted by atomic mass is 35.5. The summed E-state index contributed by atoms with van der Waals surface area (Å²) in [6, 6.07) is 4.45. The summed E-state index contributed by atoms with van der Waals surface area (Å²) in [5.41, 5.74) is 1.43. The molecule has 2 rings (SSSR count). The number of nitrogens with zero attached hydrogens (tertiary/aromatic N) is 1. The van der Waals surface area contributed by atoms with E-state index in [2.05, 4.69) is 10.3 Å². The number of halogens is 2. The van der Waals surface area contributed by atoms with Gasteiger partial charge in [-0.05, 0) is 18.2 Å². The lowest BCUT2D eigenvalue weighted by atomic mass is 10.2. The topological polar surface area (TPSA) is 24.9 Å². The molecule has 0 bridgehead atoms. The summed E-state index contributed by atoms with van der Waals surface area (Å²) >= 11 is 5.86. The van der Waals surface area contributed by atoms with E-state index in [9.17, 15) is 4.39 Å². The number of nitrogens with one attached hydrogen (secondary N) is 1. The molecule has 1 heterocycles. The van der Waals surface area contributed by atoms with E-state index < -0.39 is 0 Å². The molecule has 0 fully saturated rings. The van der Waals surface area contributed by atoms with Gasteiger partial charge in [0.05, 0.1) is 10.5 Å². The second-order valence-corrected chi connectivity index (χ2v) is 3.30. The van der Waals surface area contributed by atoms with Gasteiger partial charge in [-0.3, -0.25) is 4.98 Å². The van der Waals surface area contributed by atoms with Crippen LogP contribution in [0, 0.1) is 5.82 Å². The van der Waals surface area contributed by atoms with Crippen molar-refractivity contribution in [3.63, 3.8) is 0 Å². The zero-order valence-electron chi connectivity index (χ0n) is 7.51. The molecule has 14 heavy (non-hydrogen) atoms. The zero-order valence-corrected chi connectivity index (χ0v) is 8.27. The number of anilines is 1. The Balaban J connectivity index is 2.86. The molecule has 72 valence electrons. The molecule has 0 aliphatic carbocycles. The zero-order chi connectivity index (χ0) is 10.1. The third kappa shape index (κ3) is 1.40. The quantitative estimate of drug-likeness (QED) is 0.783. The van der Waals surface area contributed by atoms with Crippen LogP contribution in [0.25, 0.3) is 10.9 Å². The second kappa shape index (κ2) is 3.42. The van der Waals surface area contributed by atoms with Crippen molar-refractivity contribution in [1.82, 2.24) is 4.98 Å². The molecule has 0 spiro atoms. The third-order valence-electron chi connectivity index (χ3n) is 2.03. The first kappa shape index (κ1) is 9.21. The Morgan fingerprint density at radius 3 is 2.93 bits per heavy atom. The highest BCUT2D eigenvalue weighted by Gasteiger charge is 2.06. The third-order valence-corrected chi connectivity index (χ3v) is 2.32. The lowest BCUT2D eigenvalue weighted by molar-refractivity contribution is 0.629. The van der Waals surface area contributed by atoms with Crippen LogP contribution < -0.4 is 5.32 Å². The van der Waals surface area contributed by atoms with Gasteiger partial charge in [0.15, 0.2) is 0 Å². The van der Waals surface area contributed by atoms with Gasteiger partial charge in [-0.15, -0.1) is 0 Å². The first-order valence-corrected chi connectivity index (χ1v) is 4.51. The predicted molar refractivity (Wildman–Crippen MR) is 56.3 cm³/mol. The van der Waals surface area contributed by atoms with E-state index in [0.29, 0.717) is 15.9 Å². The van der Waals surface area contributed by atoms with E-state index in [4.69, 9.17) is 11.6 Å². The average molecular weight is 211 g/mol. The molecule has 0 unspecified atom stereocenters. The summed E-state index contributed by atoms with van der Waals surface area (Å²) in [6.45, 7) is 0. The van der Waals surface area contributed by atoms with Gasteiger partial charge in [-0.2, -0.15) is 0 Å². The van der Waals surface area contributed by atoms with Crippen LogP contribution in [0.4, 0.5) is 10.1 Å². The minimum absolute atomic E-state index is 0.331. The number of rotatable bonds is 1. The summed E-state index contributed by atoms with van der Waals surface area (Å²) in [5.74, 6) is -0.355. The molecular weight excluding hydrogens is 203 g/mol. The van der Waals surface area contributed by atoms with Gasteiger partial charge < -0.3 is 5.32 Å². The number of fused-ring (bicyclic) bond motifs is 1. The molecule has 1 N–H and O–H groups in total. The van der Waals surface area contributed by atoms with Gasteiger partial charge in [0, 0.05) is 24.3 Å². The number of benzene rings is 1. The maximum atomic E-state index is 13.1. The Bertz CT molecular complexity index is 485. The van der Waals surface area contributed by atoms with Gasteiger partial charge >= 0.3 is 0 Å². The maximum Gasteiger partial charge on any atom is 0.125 e. The summed E-state index contributed by atoms with van der Waals surface area (Å²) in [7, 11) is 1.77. The Hall–Kier alpha value is -1.35. The predicted octanol–water partition coefficient (Wildman–Crippen LogP) is 3.07. The Labute approximate surface area is 85.7 Å². The molecule has 1 aromatic heterocycles. The second-order valence-electron chi connectivity index (χ2n) is 2.89. The first-order valence-electron chi connectivity index (χ1n) is 4.14. The lowest BCUT2D eigenvalue weighted by Crippen LogP contribution is -1.92. The minimum Gasteiger partial charge on any atom is -0.388 e. The molecular formula is C10H8ClFN2. The Morgan fingerprint density at radius 1 is 1.43 bits per heavy atom. The normalized spacial score (nSPS) is 10.5. The van der Waals surface area contributed by atoms with E-state index in [1.54, 1.807) is 19.3 Å². The highest BCUT2D eigenvalue weighted by molar-refractivity contribution is 6.35. The average Bonchev–Trinajstić information content (AvgIpc) is 2.17. The highest BCUT2D eigenvalue weighted by Crippen LogP contribution is 2.27. The molecule has 0 aliphatic heterocycles. The van der Waals surface area contributed by atoms with E-state index in [0.717, 1.165) is 5.69 Å². The Kier molecular flexibility index (Phi) is 2.25. The maximum absolute atomic E-state index is 13.1. The molecule has 0 atom stereocenters. The van der Waals surface area contributed by atoms with Crippen LogP contribution in [-0.4, -0.2) is 12.0 Å². The molecule has 1 aromatic carbocycles. The van der Waals surface area contributed by atoms with Crippen LogP contribution in [0.15, 0.2) is 24.4 Å². The van der Waals surface area contributed by atoms with Gasteiger partial charge in [-0.25, -0.2) is 4.39 Å². The molecule has 0 saturated heterocycles. The summed E-state index contributed by atoms with van der Waals surface area (Å²) in [6.07, 6.45) is 1.64. The van der Waals surface area contributed by atoms with Crippen LogP contribution >= 0.6 is 11.6 Å². The fraction of sp³-hybridized carbons (Fsp3) is 0.100. The minimum atomic E-state index is -0.355. The van der Waals surface area contributed by atoms with Crippen LogP contribution in [0.2, 0.25) is 5.02 Å². The van der Waals surface area contributed by atoms with E-state index in [-0.39, 0.29) is 5.82 Å². The van der Waals surface area contributed by atoms with E-state index in [1.165, 1.54) is 12.1 Å². The van der Waals surface area contributed by atoms with Crippen molar-refractivity contribution < 1.29 is 4.39 Å². The van der Waals surface area contributed by atoms with E-state index >= 15 is 0 Å². The van der Waals surface area contributed by atoms with Crippen molar-refractivity contribution in [3.8, 4) is 0 Å². The van der Waals surface area contributed by atoms with Gasteiger partial charge in [0.2, 0.25) is 0 Å². The monoisotopic (exact) mass is 210 g/mol. The SMILES string of the molecule is CNc1ccnc2c(Cl)cc(F)cc12. The molecule has 2 nitrogen and oxygen atoms in total. The smallest absolute Gasteiger partial charge is 0.125 e. The van der Waals surface area contributed by atoms with Crippen molar-refractivity contribution in [2.45, 2.75) is 0 Å². The standard InChI is InChI=1S/C10H8ClFN2/c1-13-9-2-3-14-10-7(9)4-6(12)5-8(10)11/h2-5H,1H3,(H,13,14). The van der Waals surface area contributed by atoms with Crippen molar-refractivity contribution in [3.05, 3.63) is 35.2 Å². The van der Waals surface area contributed by atoms with Crippen LogP contribution in [-0.2, 0) is 0 Å². The van der Waals surface area contributed by atoms with E-state index in [1.807, 2.05) is 0 Å². The van der Waals surface area contributed by atoms with Crippen LogP contribution in [0.3, 0.4) is 0 Å². The lowest BCUT2D eigenvalue weighted by Gasteiger charge is -2.05. The fourth-order valence-electron chi connectivity index (χ4n) is 1.40. The molecule has 2 aromatic rings. The summed E-state index contributed by atoms with van der Waals surface area (Å²) in [5, 5.41) is 3.98. The van der Waals surface area contributed by atoms with Gasteiger partial charge in [0.1, 0.15) is 5.82 Å². The van der Waals surface area contributed by atoms with Gasteiger partial charge in [0.25, 0.3) is 0 Å². The van der Waals surface area contributed by atoms with Crippen molar-refractivity contribution in [2.24, 2.45) is 0 Å². The van der Waals surface area contributed by atoms with Crippen molar-refractivity contribution in [1.29, 1.82) is 0 Å². The number of hydrogen-bond acceptors (Lipinski definition) is 2. The molecule has 0 radical (unpaired) electrons. The number of aromatic nitrogens is 1. The van der Waals surface area contributed by atoms with Crippen LogP contribution in [0.1, 0.15) is 0 Å². The first-order chi connectivity index (χ1) is 6.72. The largest absolute Gasteiger partial charge is 0.388 e.